The van der Waals surface area contributed by atoms with E-state index in [1.165, 1.54) is 6.08 Å². The fraction of sp³-hybridized carbons (Fsp3) is 0.971. The van der Waals surface area contributed by atoms with Crippen LogP contribution in [0.25, 0.3) is 0 Å². The SMILES string of the molecule is COC1C(C)CC(OC2C(C)CC(S(=O)(=O)C3CC(C)C(OC4CC(C)C(ON=C=O)C(C)C4)C(C)C3)CC2C)CC1C. The molecule has 4 aliphatic rings. The molecule has 4 saturated carbocycles. The molecule has 9 heteroatoms. The van der Waals surface area contributed by atoms with E-state index >= 15 is 0 Å². The van der Waals surface area contributed by atoms with Gasteiger partial charge in [-0.15, -0.1) is 0 Å². The molecule has 4 fully saturated rings. The third kappa shape index (κ3) is 7.88. The summed E-state index contributed by atoms with van der Waals surface area (Å²) >= 11 is 0. The van der Waals surface area contributed by atoms with Gasteiger partial charge in [-0.1, -0.05) is 55.4 Å². The fourth-order valence-corrected chi connectivity index (χ4v) is 12.6. The van der Waals surface area contributed by atoms with Gasteiger partial charge in [0, 0.05) is 12.3 Å². The van der Waals surface area contributed by atoms with Crippen LogP contribution in [0.15, 0.2) is 5.16 Å². The van der Waals surface area contributed by atoms with Gasteiger partial charge in [0.05, 0.1) is 41.0 Å². The smallest absolute Gasteiger partial charge is 0.276 e. The minimum Gasteiger partial charge on any atom is -0.382 e. The summed E-state index contributed by atoms with van der Waals surface area (Å²) in [7, 11) is -1.47. The largest absolute Gasteiger partial charge is 0.382 e. The molecule has 0 bridgehead atoms. The topological polar surface area (TPSA) is 100 Å². The van der Waals surface area contributed by atoms with Gasteiger partial charge in [0.15, 0.2) is 9.84 Å². The van der Waals surface area contributed by atoms with Crippen molar-refractivity contribution in [3.63, 3.8) is 0 Å². The third-order valence-corrected chi connectivity index (χ3v) is 14.3. The second kappa shape index (κ2) is 14.6. The summed E-state index contributed by atoms with van der Waals surface area (Å²) in [4.78, 5) is 15.9. The lowest BCUT2D eigenvalue weighted by atomic mass is 9.77. The summed E-state index contributed by atoms with van der Waals surface area (Å²) in [6, 6.07) is 0. The summed E-state index contributed by atoms with van der Waals surface area (Å²) in [6.07, 6.45) is 8.49. The average molecular weight is 626 g/mol. The molecule has 0 spiro atoms. The normalized spacial score (nSPS) is 47.8. The zero-order valence-electron chi connectivity index (χ0n) is 28.1. The summed E-state index contributed by atoms with van der Waals surface area (Å²) in [6.45, 7) is 17.5. The van der Waals surface area contributed by atoms with Crippen LogP contribution in [0.4, 0.5) is 0 Å². The quantitative estimate of drug-likeness (QED) is 0.162. The van der Waals surface area contributed by atoms with Crippen LogP contribution in [-0.2, 0) is 33.7 Å². The zero-order valence-corrected chi connectivity index (χ0v) is 28.9. The van der Waals surface area contributed by atoms with Gasteiger partial charge in [-0.2, -0.15) is 0 Å². The van der Waals surface area contributed by atoms with Gasteiger partial charge in [0.1, 0.15) is 6.10 Å². The number of isocyanates is 1. The number of methoxy groups -OCH3 is 1. The molecule has 8 atom stereocenters. The molecular formula is C34H59NO7S. The van der Waals surface area contributed by atoms with E-state index in [0.29, 0.717) is 37.5 Å². The summed E-state index contributed by atoms with van der Waals surface area (Å²) in [5.74, 6) is 2.11. The first-order valence-corrected chi connectivity index (χ1v) is 18.7. The van der Waals surface area contributed by atoms with Gasteiger partial charge in [0.2, 0.25) is 0 Å². The lowest BCUT2D eigenvalue weighted by Gasteiger charge is -2.46. The highest BCUT2D eigenvalue weighted by Gasteiger charge is 2.48. The number of carbonyl (C=O) groups excluding carboxylic acids is 1. The highest BCUT2D eigenvalue weighted by molar-refractivity contribution is 7.92. The molecule has 43 heavy (non-hydrogen) atoms. The molecule has 8 unspecified atom stereocenters. The fourth-order valence-electron chi connectivity index (χ4n) is 9.79. The Morgan fingerprint density at radius 3 is 1.19 bits per heavy atom. The van der Waals surface area contributed by atoms with E-state index in [9.17, 15) is 13.2 Å². The number of rotatable bonds is 9. The van der Waals surface area contributed by atoms with E-state index in [-0.39, 0.29) is 82.6 Å². The average Bonchev–Trinajstić information content (AvgIpc) is 2.92. The summed E-state index contributed by atoms with van der Waals surface area (Å²) < 4.78 is 47.5. The predicted molar refractivity (Wildman–Crippen MR) is 168 cm³/mol. The van der Waals surface area contributed by atoms with E-state index in [4.69, 9.17) is 19.0 Å². The molecule has 0 heterocycles. The Bertz CT molecular complexity index is 1010. The van der Waals surface area contributed by atoms with Crippen molar-refractivity contribution in [3.05, 3.63) is 0 Å². The molecule has 0 aromatic carbocycles. The monoisotopic (exact) mass is 625 g/mol. The van der Waals surface area contributed by atoms with Gasteiger partial charge >= 0.3 is 0 Å². The van der Waals surface area contributed by atoms with Crippen LogP contribution in [0.1, 0.15) is 107 Å². The standard InChI is InChI=1S/C34H59NO7S/c1-19-10-27(11-20(2)31(19)39-9)40-32-23(5)14-29(15-24(32)6)43(37,38)30-16-25(7)33(26(8)17-30)41-28-12-21(3)34(22(4)13-28)42-35-18-36/h19-34H,10-17H2,1-9H3. The Labute approximate surface area is 261 Å². The molecule has 4 rings (SSSR count). The molecule has 0 amide bonds. The lowest BCUT2D eigenvalue weighted by molar-refractivity contribution is -0.134. The lowest BCUT2D eigenvalue weighted by Crippen LogP contribution is -2.50. The van der Waals surface area contributed by atoms with Crippen LogP contribution in [-0.4, -0.2) is 68.7 Å². The highest BCUT2D eigenvalue weighted by Crippen LogP contribution is 2.44. The van der Waals surface area contributed by atoms with E-state index in [1.807, 2.05) is 7.11 Å². The van der Waals surface area contributed by atoms with Crippen molar-refractivity contribution in [3.8, 4) is 0 Å². The van der Waals surface area contributed by atoms with Crippen LogP contribution in [0.2, 0.25) is 0 Å². The molecule has 4 aliphatic carbocycles. The van der Waals surface area contributed by atoms with E-state index in [0.717, 1.165) is 25.7 Å². The number of sulfone groups is 1. The van der Waals surface area contributed by atoms with Crippen molar-refractivity contribution >= 4 is 15.9 Å². The molecule has 0 radical (unpaired) electrons. The second-order valence-corrected chi connectivity index (χ2v) is 17.9. The molecule has 0 aliphatic heterocycles. The van der Waals surface area contributed by atoms with Crippen LogP contribution >= 0.6 is 0 Å². The number of nitrogens with zero attached hydrogens (tertiary/aromatic N) is 1. The molecule has 0 aromatic rings. The number of ether oxygens (including phenoxy) is 3. The molecular weight excluding hydrogens is 566 g/mol. The molecule has 248 valence electrons. The minimum atomic E-state index is -3.28. The van der Waals surface area contributed by atoms with Crippen molar-refractivity contribution in [1.82, 2.24) is 0 Å². The van der Waals surface area contributed by atoms with Gasteiger partial charge < -0.3 is 19.0 Å². The Morgan fingerprint density at radius 1 is 0.535 bits per heavy atom. The molecule has 0 aromatic heterocycles. The second-order valence-electron chi connectivity index (χ2n) is 15.4. The van der Waals surface area contributed by atoms with Crippen LogP contribution in [0.3, 0.4) is 0 Å². The highest BCUT2D eigenvalue weighted by atomic mass is 32.2. The Morgan fingerprint density at radius 2 is 0.860 bits per heavy atom. The zero-order chi connectivity index (χ0) is 31.6. The van der Waals surface area contributed by atoms with Crippen LogP contribution in [0.5, 0.6) is 0 Å². The molecule has 0 saturated heterocycles. The van der Waals surface area contributed by atoms with E-state index < -0.39 is 9.84 Å². The van der Waals surface area contributed by atoms with Gasteiger partial charge in [-0.25, -0.2) is 13.2 Å². The number of hydrogen-bond acceptors (Lipinski definition) is 8. The summed E-state index contributed by atoms with van der Waals surface area (Å²) in [5, 5.41) is 2.76. The maximum atomic E-state index is 14.1. The predicted octanol–water partition coefficient (Wildman–Crippen LogP) is 6.56. The van der Waals surface area contributed by atoms with Crippen molar-refractivity contribution in [2.75, 3.05) is 7.11 Å². The first kappa shape index (κ1) is 34.9. The summed E-state index contributed by atoms with van der Waals surface area (Å²) in [5.41, 5.74) is 0. The molecule has 0 N–H and O–H groups in total. The van der Waals surface area contributed by atoms with Gasteiger partial charge in [-0.3, -0.25) is 0 Å². The first-order chi connectivity index (χ1) is 20.3. The maximum Gasteiger partial charge on any atom is 0.276 e. The Hall–Kier alpha value is -0.990. The van der Waals surface area contributed by atoms with E-state index in [2.05, 4.69) is 60.5 Å². The Balaban J connectivity index is 1.33. The molecule has 8 nitrogen and oxygen atoms in total. The van der Waals surface area contributed by atoms with Gasteiger partial charge in [0.25, 0.3) is 6.08 Å². The first-order valence-electron chi connectivity index (χ1n) is 17.1. The third-order valence-electron chi connectivity index (χ3n) is 11.7. The van der Waals surface area contributed by atoms with Crippen molar-refractivity contribution < 1.29 is 32.3 Å². The van der Waals surface area contributed by atoms with Crippen LogP contribution < -0.4 is 0 Å². The number of hydrogen-bond donors (Lipinski definition) is 0. The maximum absolute atomic E-state index is 14.1. The van der Waals surface area contributed by atoms with Crippen molar-refractivity contribution in [2.45, 2.75) is 154 Å². The van der Waals surface area contributed by atoms with Crippen molar-refractivity contribution in [2.24, 2.45) is 52.5 Å². The van der Waals surface area contributed by atoms with Crippen LogP contribution in [0, 0.1) is 47.3 Å². The van der Waals surface area contributed by atoms with Crippen molar-refractivity contribution in [1.29, 1.82) is 0 Å². The van der Waals surface area contributed by atoms with Gasteiger partial charge in [-0.05, 0) is 98.7 Å². The minimum absolute atomic E-state index is 0.0429. The Kier molecular flexibility index (Phi) is 11.9. The van der Waals surface area contributed by atoms with E-state index in [1.54, 1.807) is 0 Å².